The predicted octanol–water partition coefficient (Wildman–Crippen LogP) is 3.55. The Labute approximate surface area is 183 Å². The first-order valence-corrected chi connectivity index (χ1v) is 11.2. The van der Waals surface area contributed by atoms with E-state index in [9.17, 15) is 9.59 Å². The Hall–Kier alpha value is -3.09. The Bertz CT molecular complexity index is 908. The van der Waals surface area contributed by atoms with Crippen molar-refractivity contribution in [2.24, 2.45) is 5.92 Å². The molecule has 0 radical (unpaired) electrons. The smallest absolute Gasteiger partial charge is 0.321 e. The Morgan fingerprint density at radius 1 is 1.10 bits per heavy atom. The molecular formula is C24H31N5O2. The number of carbonyl (C=O) groups is 2. The fraction of sp³-hybridized carbons (Fsp3) is 0.458. The monoisotopic (exact) mass is 421 g/mol. The van der Waals surface area contributed by atoms with Gasteiger partial charge in [-0.1, -0.05) is 18.2 Å². The van der Waals surface area contributed by atoms with E-state index in [0.717, 1.165) is 48.6 Å². The highest BCUT2D eigenvalue weighted by Crippen LogP contribution is 2.20. The number of amides is 3. The van der Waals surface area contributed by atoms with E-state index >= 15 is 0 Å². The summed E-state index contributed by atoms with van der Waals surface area (Å²) in [4.78, 5) is 33.9. The van der Waals surface area contributed by atoms with Gasteiger partial charge in [-0.15, -0.1) is 0 Å². The average Bonchev–Trinajstić information content (AvgIpc) is 3.33. The lowest BCUT2D eigenvalue weighted by Gasteiger charge is -2.32. The third kappa shape index (κ3) is 5.54. The van der Waals surface area contributed by atoms with Crippen molar-refractivity contribution >= 4 is 23.4 Å². The fourth-order valence-electron chi connectivity index (χ4n) is 4.29. The molecule has 3 heterocycles. The van der Waals surface area contributed by atoms with Crippen molar-refractivity contribution in [1.82, 2.24) is 15.2 Å². The lowest BCUT2D eigenvalue weighted by atomic mass is 9.97. The Kier molecular flexibility index (Phi) is 6.70. The van der Waals surface area contributed by atoms with Crippen LogP contribution in [-0.4, -0.2) is 48.0 Å². The highest BCUT2D eigenvalue weighted by molar-refractivity contribution is 5.90. The zero-order valence-electron chi connectivity index (χ0n) is 18.1. The van der Waals surface area contributed by atoms with Crippen LogP contribution in [0.4, 0.5) is 16.3 Å². The van der Waals surface area contributed by atoms with Crippen molar-refractivity contribution in [3.8, 4) is 0 Å². The van der Waals surface area contributed by atoms with Gasteiger partial charge in [-0.05, 0) is 61.9 Å². The molecule has 1 atom stereocenters. The van der Waals surface area contributed by atoms with Crippen LogP contribution >= 0.6 is 0 Å². The van der Waals surface area contributed by atoms with Gasteiger partial charge < -0.3 is 20.4 Å². The van der Waals surface area contributed by atoms with Crippen molar-refractivity contribution in [3.05, 3.63) is 53.7 Å². The summed E-state index contributed by atoms with van der Waals surface area (Å²) in [5.74, 6) is 0.820. The number of aromatic nitrogens is 1. The van der Waals surface area contributed by atoms with Crippen LogP contribution < -0.4 is 15.5 Å². The standard InChI is InChI=1S/C24H31N5O2/c1-18-6-4-8-21(14-18)27-24(31)29-13-5-7-20(17-29)23(30)26-16-19-9-10-22(25-15-19)28-11-2-3-12-28/h4,6,8-10,14-15,20H,2-3,5,7,11-13,16-17H2,1H3,(H,26,30)(H,27,31). The summed E-state index contributed by atoms with van der Waals surface area (Å²) in [5.41, 5.74) is 2.86. The second-order valence-electron chi connectivity index (χ2n) is 8.52. The van der Waals surface area contributed by atoms with Gasteiger partial charge in [0, 0.05) is 44.6 Å². The van der Waals surface area contributed by atoms with Gasteiger partial charge in [0.2, 0.25) is 5.91 Å². The van der Waals surface area contributed by atoms with E-state index in [1.165, 1.54) is 12.8 Å². The molecule has 2 fully saturated rings. The number of hydrogen-bond donors (Lipinski definition) is 2. The molecule has 0 saturated carbocycles. The molecule has 0 bridgehead atoms. The first kappa shape index (κ1) is 21.2. The van der Waals surface area contributed by atoms with Crippen molar-refractivity contribution < 1.29 is 9.59 Å². The zero-order chi connectivity index (χ0) is 21.6. The lowest BCUT2D eigenvalue weighted by Crippen LogP contribution is -2.46. The summed E-state index contributed by atoms with van der Waals surface area (Å²) in [6, 6.07) is 11.6. The van der Waals surface area contributed by atoms with E-state index in [0.29, 0.717) is 19.6 Å². The van der Waals surface area contributed by atoms with Gasteiger partial charge in [-0.3, -0.25) is 4.79 Å². The molecule has 0 spiro atoms. The number of urea groups is 1. The molecule has 1 aromatic carbocycles. The Morgan fingerprint density at radius 3 is 2.68 bits per heavy atom. The van der Waals surface area contributed by atoms with Crippen molar-refractivity contribution in [2.75, 3.05) is 36.4 Å². The van der Waals surface area contributed by atoms with Gasteiger partial charge in [0.1, 0.15) is 5.82 Å². The number of pyridine rings is 1. The predicted molar refractivity (Wildman–Crippen MR) is 122 cm³/mol. The highest BCUT2D eigenvalue weighted by Gasteiger charge is 2.28. The molecular weight excluding hydrogens is 390 g/mol. The largest absolute Gasteiger partial charge is 0.357 e. The van der Waals surface area contributed by atoms with Gasteiger partial charge in [0.15, 0.2) is 0 Å². The van der Waals surface area contributed by atoms with Crippen LogP contribution in [0, 0.1) is 12.8 Å². The molecule has 7 nitrogen and oxygen atoms in total. The molecule has 4 rings (SSSR count). The van der Waals surface area contributed by atoms with Crippen LogP contribution in [0.25, 0.3) is 0 Å². The second-order valence-corrected chi connectivity index (χ2v) is 8.52. The molecule has 164 valence electrons. The third-order valence-corrected chi connectivity index (χ3v) is 6.05. The Morgan fingerprint density at radius 2 is 1.94 bits per heavy atom. The number of aryl methyl sites for hydroxylation is 1. The van der Waals surface area contributed by atoms with Crippen molar-refractivity contribution in [1.29, 1.82) is 0 Å². The summed E-state index contributed by atoms with van der Waals surface area (Å²) >= 11 is 0. The van der Waals surface area contributed by atoms with Gasteiger partial charge in [0.05, 0.1) is 5.92 Å². The number of nitrogens with one attached hydrogen (secondary N) is 2. The zero-order valence-corrected chi connectivity index (χ0v) is 18.1. The first-order valence-electron chi connectivity index (χ1n) is 11.2. The van der Waals surface area contributed by atoms with E-state index in [2.05, 4.69) is 20.5 Å². The van der Waals surface area contributed by atoms with Crippen LogP contribution in [-0.2, 0) is 11.3 Å². The van der Waals surface area contributed by atoms with Crippen LogP contribution in [0.15, 0.2) is 42.6 Å². The molecule has 2 aliphatic rings. The topological polar surface area (TPSA) is 77.6 Å². The number of hydrogen-bond acceptors (Lipinski definition) is 4. The van der Waals surface area contributed by atoms with Gasteiger partial charge in [-0.25, -0.2) is 9.78 Å². The minimum Gasteiger partial charge on any atom is -0.357 e. The summed E-state index contributed by atoms with van der Waals surface area (Å²) < 4.78 is 0. The number of rotatable bonds is 5. The maximum Gasteiger partial charge on any atom is 0.321 e. The van der Waals surface area contributed by atoms with E-state index in [-0.39, 0.29) is 17.9 Å². The summed E-state index contributed by atoms with van der Waals surface area (Å²) in [5, 5.41) is 5.96. The molecule has 2 aromatic rings. The summed E-state index contributed by atoms with van der Waals surface area (Å²) in [6.07, 6.45) is 5.91. The molecule has 2 aliphatic heterocycles. The number of anilines is 2. The van der Waals surface area contributed by atoms with Crippen LogP contribution in [0.1, 0.15) is 36.8 Å². The van der Waals surface area contributed by atoms with Gasteiger partial charge in [-0.2, -0.15) is 0 Å². The van der Waals surface area contributed by atoms with Crippen LogP contribution in [0.3, 0.4) is 0 Å². The minimum absolute atomic E-state index is 0.00308. The first-order chi connectivity index (χ1) is 15.1. The number of benzene rings is 1. The molecule has 0 aliphatic carbocycles. The van der Waals surface area contributed by atoms with E-state index < -0.39 is 0 Å². The molecule has 1 aromatic heterocycles. The molecule has 7 heteroatoms. The average molecular weight is 422 g/mol. The number of piperidine rings is 1. The maximum absolute atomic E-state index is 12.7. The molecule has 2 N–H and O–H groups in total. The quantitative estimate of drug-likeness (QED) is 0.774. The van der Waals surface area contributed by atoms with Crippen LogP contribution in [0.5, 0.6) is 0 Å². The lowest BCUT2D eigenvalue weighted by molar-refractivity contribution is -0.126. The van der Waals surface area contributed by atoms with E-state index in [1.807, 2.05) is 49.5 Å². The van der Waals surface area contributed by atoms with Crippen molar-refractivity contribution in [2.45, 2.75) is 39.2 Å². The second kappa shape index (κ2) is 9.81. The minimum atomic E-state index is -0.186. The number of carbonyl (C=O) groups excluding carboxylic acids is 2. The van der Waals surface area contributed by atoms with Gasteiger partial charge >= 0.3 is 6.03 Å². The van der Waals surface area contributed by atoms with Gasteiger partial charge in [0.25, 0.3) is 0 Å². The summed E-state index contributed by atoms with van der Waals surface area (Å²) in [7, 11) is 0. The summed E-state index contributed by atoms with van der Waals surface area (Å²) in [6.45, 7) is 5.70. The van der Waals surface area contributed by atoms with Crippen LogP contribution in [0.2, 0.25) is 0 Å². The fourth-order valence-corrected chi connectivity index (χ4v) is 4.29. The third-order valence-electron chi connectivity index (χ3n) is 6.05. The Balaban J connectivity index is 1.27. The molecule has 3 amide bonds. The molecule has 2 saturated heterocycles. The van der Waals surface area contributed by atoms with E-state index in [4.69, 9.17) is 0 Å². The number of nitrogens with zero attached hydrogens (tertiary/aromatic N) is 3. The normalized spacial score (nSPS) is 18.7. The molecule has 1 unspecified atom stereocenters. The highest BCUT2D eigenvalue weighted by atomic mass is 16.2. The van der Waals surface area contributed by atoms with E-state index in [1.54, 1.807) is 4.90 Å². The SMILES string of the molecule is Cc1cccc(NC(=O)N2CCCC(C(=O)NCc3ccc(N4CCCC4)nc3)C2)c1. The maximum atomic E-state index is 12.7. The molecule has 31 heavy (non-hydrogen) atoms. The number of likely N-dealkylation sites (tertiary alicyclic amines) is 1. The van der Waals surface area contributed by atoms with Crippen molar-refractivity contribution in [3.63, 3.8) is 0 Å².